The van der Waals surface area contributed by atoms with Crippen LogP contribution < -0.4 is 9.47 Å². The summed E-state index contributed by atoms with van der Waals surface area (Å²) >= 11 is 0. The highest BCUT2D eigenvalue weighted by molar-refractivity contribution is 5.53. The molecule has 0 saturated carbocycles. The molecule has 0 spiro atoms. The zero-order chi connectivity index (χ0) is 16.6. The van der Waals surface area contributed by atoms with Crippen LogP contribution in [-0.2, 0) is 6.61 Å². The molecule has 2 nitrogen and oxygen atoms in total. The van der Waals surface area contributed by atoms with Crippen LogP contribution >= 0.6 is 0 Å². The van der Waals surface area contributed by atoms with Gasteiger partial charge in [-0.1, -0.05) is 66.4 Å². The standard InChI is InChI=1S/C22H18O2/c1-23-21-13-7-5-11-19(21)15-16-20-12-6-8-14-22(20)24-17-18-9-3-2-4-10-18/h2-14H,17H2,1H3. The maximum absolute atomic E-state index is 5.93. The molecule has 0 aliphatic carbocycles. The van der Waals surface area contributed by atoms with E-state index in [0.29, 0.717) is 6.61 Å². The molecule has 118 valence electrons. The van der Waals surface area contributed by atoms with Gasteiger partial charge in [-0.3, -0.25) is 0 Å². The number of hydrogen-bond acceptors (Lipinski definition) is 2. The van der Waals surface area contributed by atoms with E-state index < -0.39 is 0 Å². The highest BCUT2D eigenvalue weighted by atomic mass is 16.5. The maximum atomic E-state index is 5.93. The molecule has 3 aromatic carbocycles. The first-order valence-electron chi connectivity index (χ1n) is 7.77. The lowest BCUT2D eigenvalue weighted by Gasteiger charge is -2.08. The number of methoxy groups -OCH3 is 1. The molecule has 0 aliphatic heterocycles. The van der Waals surface area contributed by atoms with Crippen molar-refractivity contribution in [3.05, 3.63) is 95.6 Å². The van der Waals surface area contributed by atoms with Crippen molar-refractivity contribution in [3.63, 3.8) is 0 Å². The molecule has 0 aromatic heterocycles. The van der Waals surface area contributed by atoms with E-state index in [4.69, 9.17) is 9.47 Å². The van der Waals surface area contributed by atoms with Crippen molar-refractivity contribution in [1.82, 2.24) is 0 Å². The average molecular weight is 314 g/mol. The Morgan fingerprint density at radius 1 is 0.667 bits per heavy atom. The van der Waals surface area contributed by atoms with Gasteiger partial charge < -0.3 is 9.47 Å². The molecule has 2 heteroatoms. The molecule has 0 aliphatic rings. The lowest BCUT2D eigenvalue weighted by molar-refractivity contribution is 0.305. The molecule has 0 bridgehead atoms. The summed E-state index contributed by atoms with van der Waals surface area (Å²) in [5.74, 6) is 7.90. The third-order valence-electron chi connectivity index (χ3n) is 3.56. The summed E-state index contributed by atoms with van der Waals surface area (Å²) in [6.07, 6.45) is 0. The van der Waals surface area contributed by atoms with Gasteiger partial charge in [-0.25, -0.2) is 0 Å². The maximum Gasteiger partial charge on any atom is 0.135 e. The summed E-state index contributed by atoms with van der Waals surface area (Å²) in [4.78, 5) is 0. The molecule has 0 N–H and O–H groups in total. The highest BCUT2D eigenvalue weighted by Crippen LogP contribution is 2.20. The summed E-state index contributed by atoms with van der Waals surface area (Å²) < 4.78 is 11.3. The Labute approximate surface area is 142 Å². The fourth-order valence-corrected chi connectivity index (χ4v) is 2.31. The second-order valence-electron chi connectivity index (χ2n) is 5.22. The Morgan fingerprint density at radius 3 is 1.88 bits per heavy atom. The Kier molecular flexibility index (Phi) is 5.17. The lowest BCUT2D eigenvalue weighted by atomic mass is 10.1. The molecule has 0 fully saturated rings. The first kappa shape index (κ1) is 15.7. The molecule has 0 heterocycles. The fraction of sp³-hybridized carbons (Fsp3) is 0.0909. The highest BCUT2D eigenvalue weighted by Gasteiger charge is 2.02. The van der Waals surface area contributed by atoms with Crippen molar-refractivity contribution in [2.45, 2.75) is 6.61 Å². The minimum Gasteiger partial charge on any atom is -0.495 e. The van der Waals surface area contributed by atoms with Crippen LogP contribution in [0.5, 0.6) is 11.5 Å². The smallest absolute Gasteiger partial charge is 0.135 e. The zero-order valence-corrected chi connectivity index (χ0v) is 13.5. The van der Waals surface area contributed by atoms with E-state index in [2.05, 4.69) is 11.8 Å². The second kappa shape index (κ2) is 7.89. The third-order valence-corrected chi connectivity index (χ3v) is 3.56. The van der Waals surface area contributed by atoms with Gasteiger partial charge in [-0.15, -0.1) is 0 Å². The predicted octanol–water partition coefficient (Wildman–Crippen LogP) is 4.67. The molecule has 3 aromatic rings. The summed E-state index contributed by atoms with van der Waals surface area (Å²) in [5.41, 5.74) is 2.85. The monoisotopic (exact) mass is 314 g/mol. The van der Waals surface area contributed by atoms with Crippen LogP contribution in [0.25, 0.3) is 0 Å². The van der Waals surface area contributed by atoms with Crippen LogP contribution in [0.4, 0.5) is 0 Å². The van der Waals surface area contributed by atoms with E-state index in [0.717, 1.165) is 28.2 Å². The molecule has 0 unspecified atom stereocenters. The van der Waals surface area contributed by atoms with E-state index in [-0.39, 0.29) is 0 Å². The van der Waals surface area contributed by atoms with E-state index in [1.165, 1.54) is 0 Å². The normalized spacial score (nSPS) is 9.71. The van der Waals surface area contributed by atoms with Gasteiger partial charge in [0, 0.05) is 0 Å². The predicted molar refractivity (Wildman–Crippen MR) is 96.2 cm³/mol. The SMILES string of the molecule is COc1ccccc1C#Cc1ccccc1OCc1ccccc1. The molecule has 0 amide bonds. The van der Waals surface area contributed by atoms with Gasteiger partial charge >= 0.3 is 0 Å². The van der Waals surface area contributed by atoms with Gasteiger partial charge in [0.25, 0.3) is 0 Å². The summed E-state index contributed by atoms with van der Waals surface area (Å²) in [6, 6.07) is 25.6. The Morgan fingerprint density at radius 2 is 1.21 bits per heavy atom. The van der Waals surface area contributed by atoms with E-state index in [1.54, 1.807) is 7.11 Å². The minimum atomic E-state index is 0.522. The van der Waals surface area contributed by atoms with Crippen molar-refractivity contribution >= 4 is 0 Å². The zero-order valence-electron chi connectivity index (χ0n) is 13.5. The van der Waals surface area contributed by atoms with Crippen LogP contribution in [0.15, 0.2) is 78.9 Å². The Hall–Kier alpha value is -3.18. The topological polar surface area (TPSA) is 18.5 Å². The van der Waals surface area contributed by atoms with Gasteiger partial charge in [-0.05, 0) is 29.8 Å². The molecular formula is C22H18O2. The lowest BCUT2D eigenvalue weighted by Crippen LogP contribution is -1.96. The molecule has 0 radical (unpaired) electrons. The van der Waals surface area contributed by atoms with Crippen LogP contribution in [0, 0.1) is 11.8 Å². The van der Waals surface area contributed by atoms with Gasteiger partial charge in [-0.2, -0.15) is 0 Å². The average Bonchev–Trinajstić information content (AvgIpc) is 2.66. The molecule has 0 atom stereocenters. The first-order valence-corrected chi connectivity index (χ1v) is 7.77. The Balaban J connectivity index is 1.81. The quantitative estimate of drug-likeness (QED) is 0.651. The van der Waals surface area contributed by atoms with E-state index >= 15 is 0 Å². The first-order chi connectivity index (χ1) is 11.9. The van der Waals surface area contributed by atoms with E-state index in [9.17, 15) is 0 Å². The second-order valence-corrected chi connectivity index (χ2v) is 5.22. The van der Waals surface area contributed by atoms with Crippen molar-refractivity contribution in [1.29, 1.82) is 0 Å². The van der Waals surface area contributed by atoms with Crippen LogP contribution in [0.2, 0.25) is 0 Å². The van der Waals surface area contributed by atoms with Gasteiger partial charge in [0.05, 0.1) is 18.2 Å². The van der Waals surface area contributed by atoms with Crippen LogP contribution in [0.3, 0.4) is 0 Å². The Bertz CT molecular complexity index is 858. The fourth-order valence-electron chi connectivity index (χ4n) is 2.31. The molecular weight excluding hydrogens is 296 g/mol. The van der Waals surface area contributed by atoms with Gasteiger partial charge in [0.15, 0.2) is 0 Å². The van der Waals surface area contributed by atoms with E-state index in [1.807, 2.05) is 78.9 Å². The van der Waals surface area contributed by atoms with Crippen molar-refractivity contribution in [2.75, 3.05) is 7.11 Å². The summed E-state index contributed by atoms with van der Waals surface area (Å²) in [5, 5.41) is 0. The van der Waals surface area contributed by atoms with Gasteiger partial charge in [0.2, 0.25) is 0 Å². The van der Waals surface area contributed by atoms with Crippen molar-refractivity contribution in [2.24, 2.45) is 0 Å². The third kappa shape index (κ3) is 3.97. The minimum absolute atomic E-state index is 0.522. The number of ether oxygens (including phenoxy) is 2. The van der Waals surface area contributed by atoms with Crippen LogP contribution in [0.1, 0.15) is 16.7 Å². The summed E-state index contributed by atoms with van der Waals surface area (Å²) in [7, 11) is 1.65. The summed E-state index contributed by atoms with van der Waals surface area (Å²) in [6.45, 7) is 0.522. The molecule has 0 saturated heterocycles. The number of hydrogen-bond donors (Lipinski definition) is 0. The largest absolute Gasteiger partial charge is 0.495 e. The van der Waals surface area contributed by atoms with Crippen molar-refractivity contribution < 1.29 is 9.47 Å². The molecule has 3 rings (SSSR count). The van der Waals surface area contributed by atoms with Gasteiger partial charge in [0.1, 0.15) is 18.1 Å². The van der Waals surface area contributed by atoms with Crippen LogP contribution in [-0.4, -0.2) is 7.11 Å². The molecule has 24 heavy (non-hydrogen) atoms. The number of para-hydroxylation sites is 2. The number of rotatable bonds is 4. The number of benzene rings is 3. The van der Waals surface area contributed by atoms with Crippen molar-refractivity contribution in [3.8, 4) is 23.3 Å².